The second kappa shape index (κ2) is 6.91. The number of halogens is 2. The van der Waals surface area contributed by atoms with Gasteiger partial charge in [-0.15, -0.1) is 0 Å². The third-order valence-corrected chi connectivity index (χ3v) is 8.11. The summed E-state index contributed by atoms with van der Waals surface area (Å²) in [4.78, 5) is 24.5. The van der Waals surface area contributed by atoms with E-state index >= 15 is 0 Å². The van der Waals surface area contributed by atoms with Crippen LogP contribution in [0.25, 0.3) is 0 Å². The Labute approximate surface area is 173 Å². The molecule has 2 atom stereocenters. The zero-order valence-electron chi connectivity index (χ0n) is 18.7. The molecule has 4 aliphatic rings. The van der Waals surface area contributed by atoms with Crippen LogP contribution in [0, 0.1) is 28.1 Å². The van der Waals surface area contributed by atoms with Gasteiger partial charge in [0.2, 0.25) is 0 Å². The summed E-state index contributed by atoms with van der Waals surface area (Å²) in [5.41, 5.74) is -1.68. The van der Waals surface area contributed by atoms with Crippen molar-refractivity contribution in [3.8, 4) is 0 Å². The highest BCUT2D eigenvalue weighted by atomic mass is 19.3. The van der Waals surface area contributed by atoms with Gasteiger partial charge in [-0.2, -0.15) is 8.78 Å². The molecule has 0 aromatic rings. The van der Waals surface area contributed by atoms with Crippen LogP contribution in [0.1, 0.15) is 86.5 Å². The lowest BCUT2D eigenvalue weighted by atomic mass is 9.41. The van der Waals surface area contributed by atoms with E-state index in [0.29, 0.717) is 25.2 Å². The third-order valence-electron chi connectivity index (χ3n) is 8.11. The first-order valence-corrected chi connectivity index (χ1v) is 10.9. The van der Waals surface area contributed by atoms with E-state index in [1.165, 1.54) is 0 Å². The number of alkyl halides is 2. The fourth-order valence-electron chi connectivity index (χ4n) is 6.29. The van der Waals surface area contributed by atoms with Crippen LogP contribution in [-0.2, 0) is 19.1 Å². The molecule has 0 saturated heterocycles. The molecule has 4 fully saturated rings. The number of hydrogen-bond acceptors (Lipinski definition) is 4. The van der Waals surface area contributed by atoms with Crippen molar-refractivity contribution in [3.05, 3.63) is 0 Å². The van der Waals surface area contributed by atoms with Crippen LogP contribution in [-0.4, -0.2) is 30.1 Å². The lowest BCUT2D eigenvalue weighted by Gasteiger charge is -2.65. The Morgan fingerprint density at radius 2 is 1.52 bits per heavy atom. The summed E-state index contributed by atoms with van der Waals surface area (Å²) in [6, 6.07) is 0. The first-order valence-electron chi connectivity index (χ1n) is 10.9. The van der Waals surface area contributed by atoms with E-state index in [1.807, 2.05) is 34.6 Å². The molecule has 29 heavy (non-hydrogen) atoms. The summed E-state index contributed by atoms with van der Waals surface area (Å²) >= 11 is 0. The van der Waals surface area contributed by atoms with Gasteiger partial charge in [0.05, 0.1) is 12.0 Å². The van der Waals surface area contributed by atoms with Crippen LogP contribution in [0.3, 0.4) is 0 Å². The van der Waals surface area contributed by atoms with Gasteiger partial charge in [-0.05, 0) is 84.5 Å². The Morgan fingerprint density at radius 1 is 0.966 bits per heavy atom. The smallest absolute Gasteiger partial charge is 0.376 e. The minimum atomic E-state index is -3.47. The number of esters is 2. The predicted octanol–water partition coefficient (Wildman–Crippen LogP) is 5.53. The van der Waals surface area contributed by atoms with E-state index < -0.39 is 22.9 Å². The number of carbonyl (C=O) groups is 2. The molecule has 4 saturated carbocycles. The summed E-state index contributed by atoms with van der Waals surface area (Å²) in [5.74, 6) is -4.17. The number of rotatable bonds is 7. The van der Waals surface area contributed by atoms with Gasteiger partial charge in [0.1, 0.15) is 5.60 Å². The Kier molecular flexibility index (Phi) is 5.36. The van der Waals surface area contributed by atoms with Gasteiger partial charge >= 0.3 is 17.9 Å². The minimum absolute atomic E-state index is 0.0362. The van der Waals surface area contributed by atoms with Gasteiger partial charge in [0, 0.05) is 17.8 Å². The molecule has 6 heteroatoms. The SMILES string of the molecule is CCC(C)(C)C(=O)OC(C)(C)C12CC3CC(CC(COC(=O)C(C)(F)F)(C3)C1)C2. The lowest BCUT2D eigenvalue weighted by Crippen LogP contribution is -2.62. The van der Waals surface area contributed by atoms with Crippen LogP contribution < -0.4 is 0 Å². The average molecular weight is 415 g/mol. The van der Waals surface area contributed by atoms with Gasteiger partial charge in [-0.25, -0.2) is 4.79 Å². The summed E-state index contributed by atoms with van der Waals surface area (Å²) in [6.07, 6.45) is 6.35. The first kappa shape index (κ1) is 22.5. The molecule has 0 aliphatic heterocycles. The molecule has 4 aliphatic carbocycles. The van der Waals surface area contributed by atoms with Gasteiger partial charge in [-0.1, -0.05) is 6.92 Å². The van der Waals surface area contributed by atoms with E-state index in [4.69, 9.17) is 9.47 Å². The molecule has 0 N–H and O–H groups in total. The van der Waals surface area contributed by atoms with Gasteiger partial charge in [-0.3, -0.25) is 4.79 Å². The Morgan fingerprint density at radius 3 is 2.00 bits per heavy atom. The van der Waals surface area contributed by atoms with Gasteiger partial charge < -0.3 is 9.47 Å². The molecule has 4 bridgehead atoms. The first-order chi connectivity index (χ1) is 13.1. The third kappa shape index (κ3) is 4.05. The van der Waals surface area contributed by atoms with Crippen LogP contribution in [0.5, 0.6) is 0 Å². The molecule has 0 aromatic carbocycles. The molecule has 4 nitrogen and oxygen atoms in total. The molecular formula is C23H36F2O4. The quantitative estimate of drug-likeness (QED) is 0.514. The topological polar surface area (TPSA) is 52.6 Å². The maximum atomic E-state index is 13.3. The maximum Gasteiger partial charge on any atom is 0.376 e. The molecular weight excluding hydrogens is 378 g/mol. The van der Waals surface area contributed by atoms with Crippen molar-refractivity contribution in [1.82, 2.24) is 0 Å². The number of hydrogen-bond donors (Lipinski definition) is 0. The summed E-state index contributed by atoms with van der Waals surface area (Å²) in [5, 5.41) is 0. The summed E-state index contributed by atoms with van der Waals surface area (Å²) < 4.78 is 37.8. The van der Waals surface area contributed by atoms with Crippen molar-refractivity contribution in [2.24, 2.45) is 28.1 Å². The van der Waals surface area contributed by atoms with Crippen molar-refractivity contribution in [2.75, 3.05) is 6.61 Å². The monoisotopic (exact) mass is 414 g/mol. The molecule has 0 spiro atoms. The summed E-state index contributed by atoms with van der Waals surface area (Å²) in [7, 11) is 0. The highest BCUT2D eigenvalue weighted by Gasteiger charge is 2.64. The van der Waals surface area contributed by atoms with Crippen molar-refractivity contribution in [3.63, 3.8) is 0 Å². The van der Waals surface area contributed by atoms with Crippen LogP contribution >= 0.6 is 0 Å². The molecule has 166 valence electrons. The molecule has 0 heterocycles. The van der Waals surface area contributed by atoms with E-state index in [9.17, 15) is 18.4 Å². The average Bonchev–Trinajstić information content (AvgIpc) is 2.57. The van der Waals surface area contributed by atoms with E-state index in [1.54, 1.807) is 0 Å². The van der Waals surface area contributed by atoms with Crippen LogP contribution in [0.2, 0.25) is 0 Å². The molecule has 0 amide bonds. The fourth-order valence-corrected chi connectivity index (χ4v) is 6.29. The Hall–Kier alpha value is -1.20. The number of ether oxygens (including phenoxy) is 2. The van der Waals surface area contributed by atoms with Crippen molar-refractivity contribution >= 4 is 11.9 Å². The molecule has 4 rings (SSSR count). The second-order valence-electron chi connectivity index (χ2n) is 11.3. The maximum absolute atomic E-state index is 13.3. The minimum Gasteiger partial charge on any atom is -0.461 e. The summed E-state index contributed by atoms with van der Waals surface area (Å²) in [6.45, 7) is 10.4. The number of carbonyl (C=O) groups excluding carboxylic acids is 2. The standard InChI is InChI=1S/C23H36F2O4/c1-7-19(2,3)17(26)29-20(4,5)23-11-15-8-16(12-23)10-22(9-15,13-23)14-28-18(27)21(6,24)25/h15-16H,7-14H2,1-6H3. The Balaban J connectivity index is 1.81. The van der Waals surface area contributed by atoms with Gasteiger partial charge in [0.25, 0.3) is 0 Å². The van der Waals surface area contributed by atoms with Crippen molar-refractivity contribution < 1.29 is 27.8 Å². The zero-order chi connectivity index (χ0) is 21.9. The van der Waals surface area contributed by atoms with Crippen molar-refractivity contribution in [2.45, 2.75) is 98.0 Å². The predicted molar refractivity (Wildman–Crippen MR) is 105 cm³/mol. The zero-order valence-corrected chi connectivity index (χ0v) is 18.7. The lowest BCUT2D eigenvalue weighted by molar-refractivity contribution is -0.228. The highest BCUT2D eigenvalue weighted by molar-refractivity contribution is 5.77. The molecule has 0 aromatic heterocycles. The molecule has 0 radical (unpaired) electrons. The highest BCUT2D eigenvalue weighted by Crippen LogP contribution is 2.68. The van der Waals surface area contributed by atoms with E-state index in [0.717, 1.165) is 38.5 Å². The Bertz CT molecular complexity index is 663. The van der Waals surface area contributed by atoms with Crippen LogP contribution in [0.4, 0.5) is 8.78 Å². The van der Waals surface area contributed by atoms with Crippen LogP contribution in [0.15, 0.2) is 0 Å². The van der Waals surface area contributed by atoms with E-state index in [-0.39, 0.29) is 23.4 Å². The van der Waals surface area contributed by atoms with Gasteiger partial charge in [0.15, 0.2) is 0 Å². The largest absolute Gasteiger partial charge is 0.461 e. The van der Waals surface area contributed by atoms with Crippen molar-refractivity contribution in [1.29, 1.82) is 0 Å². The molecule has 2 unspecified atom stereocenters. The van der Waals surface area contributed by atoms with E-state index in [2.05, 4.69) is 0 Å². The fraction of sp³-hybridized carbons (Fsp3) is 0.913. The second-order valence-corrected chi connectivity index (χ2v) is 11.3. The normalized spacial score (nSPS) is 34.2.